The van der Waals surface area contributed by atoms with E-state index in [1.54, 1.807) is 0 Å². The van der Waals surface area contributed by atoms with E-state index in [4.69, 9.17) is 4.74 Å². The van der Waals surface area contributed by atoms with Crippen molar-refractivity contribution in [2.45, 2.75) is 26.3 Å². The van der Waals surface area contributed by atoms with E-state index in [1.165, 1.54) is 5.56 Å². The number of hydrogen-bond donors (Lipinski definition) is 1. The van der Waals surface area contributed by atoms with Crippen LogP contribution >= 0.6 is 15.9 Å². The lowest BCUT2D eigenvalue weighted by Crippen LogP contribution is -2.20. The molecule has 0 bridgehead atoms. The fourth-order valence-corrected chi connectivity index (χ4v) is 1.77. The molecular weight excluding hydrogens is 266 g/mol. The Kier molecular flexibility index (Phi) is 6.69. The molecule has 0 amide bonds. The van der Waals surface area contributed by atoms with E-state index >= 15 is 0 Å². The van der Waals surface area contributed by atoms with E-state index in [1.807, 2.05) is 6.92 Å². The summed E-state index contributed by atoms with van der Waals surface area (Å²) in [5, 5.41) is 3.48. The second-order valence-corrected chi connectivity index (χ2v) is 4.69. The van der Waals surface area contributed by atoms with Crippen molar-refractivity contribution in [3.63, 3.8) is 0 Å². The van der Waals surface area contributed by atoms with Gasteiger partial charge in [0.2, 0.25) is 0 Å². The van der Waals surface area contributed by atoms with E-state index in [-0.39, 0.29) is 0 Å². The fraction of sp³-hybridized carbons (Fsp3) is 0.538. The van der Waals surface area contributed by atoms with Crippen molar-refractivity contribution in [1.29, 1.82) is 0 Å². The van der Waals surface area contributed by atoms with E-state index in [2.05, 4.69) is 52.4 Å². The predicted molar refractivity (Wildman–Crippen MR) is 71.7 cm³/mol. The zero-order chi connectivity index (χ0) is 11.8. The van der Waals surface area contributed by atoms with Crippen molar-refractivity contribution >= 4 is 15.9 Å². The molecule has 0 aliphatic heterocycles. The molecule has 0 fully saturated rings. The van der Waals surface area contributed by atoms with Gasteiger partial charge in [-0.3, -0.25) is 0 Å². The number of hydrogen-bond acceptors (Lipinski definition) is 2. The van der Waals surface area contributed by atoms with Gasteiger partial charge in [-0.1, -0.05) is 28.1 Å². The Morgan fingerprint density at radius 3 is 2.62 bits per heavy atom. The lowest BCUT2D eigenvalue weighted by atomic mass is 10.1. The minimum atomic E-state index is 0.398. The average molecular weight is 286 g/mol. The molecule has 0 unspecified atom stereocenters. The topological polar surface area (TPSA) is 21.3 Å². The first-order valence-electron chi connectivity index (χ1n) is 5.80. The van der Waals surface area contributed by atoms with Gasteiger partial charge in [-0.2, -0.15) is 0 Å². The summed E-state index contributed by atoms with van der Waals surface area (Å²) in [4.78, 5) is 0. The van der Waals surface area contributed by atoms with Crippen molar-refractivity contribution in [3.05, 3.63) is 34.3 Å². The van der Waals surface area contributed by atoms with Crippen molar-refractivity contribution in [1.82, 2.24) is 5.32 Å². The zero-order valence-electron chi connectivity index (χ0n) is 10.0. The monoisotopic (exact) mass is 285 g/mol. The Morgan fingerprint density at radius 2 is 2.00 bits per heavy atom. The molecule has 0 heterocycles. The third kappa shape index (κ3) is 5.10. The lowest BCUT2D eigenvalue weighted by Gasteiger charge is -2.14. The Balaban J connectivity index is 2.24. The molecule has 2 nitrogen and oxygen atoms in total. The Labute approximate surface area is 107 Å². The number of rotatable bonds is 7. The second kappa shape index (κ2) is 7.82. The molecular formula is C13H20BrNO. The first kappa shape index (κ1) is 13.7. The molecule has 1 rings (SSSR count). The standard InChI is InChI=1S/C13H20BrNO/c1-3-16-10-4-9-15-11(2)12-5-7-13(14)8-6-12/h5-8,11,15H,3-4,9-10H2,1-2H3/t11-/m1/s1. The van der Waals surface area contributed by atoms with Gasteiger partial charge in [0.25, 0.3) is 0 Å². The lowest BCUT2D eigenvalue weighted by molar-refractivity contribution is 0.144. The van der Waals surface area contributed by atoms with Crippen LogP contribution in [0.2, 0.25) is 0 Å². The highest BCUT2D eigenvalue weighted by Crippen LogP contribution is 2.16. The highest BCUT2D eigenvalue weighted by molar-refractivity contribution is 9.10. The van der Waals surface area contributed by atoms with Crippen molar-refractivity contribution in [2.75, 3.05) is 19.8 Å². The van der Waals surface area contributed by atoms with Crippen LogP contribution in [0.15, 0.2) is 28.7 Å². The first-order chi connectivity index (χ1) is 7.74. The second-order valence-electron chi connectivity index (χ2n) is 3.78. The fourth-order valence-electron chi connectivity index (χ4n) is 1.51. The minimum Gasteiger partial charge on any atom is -0.382 e. The van der Waals surface area contributed by atoms with Crippen LogP contribution < -0.4 is 5.32 Å². The van der Waals surface area contributed by atoms with Gasteiger partial charge in [-0.05, 0) is 44.5 Å². The third-order valence-electron chi connectivity index (χ3n) is 2.49. The van der Waals surface area contributed by atoms with Gasteiger partial charge in [-0.25, -0.2) is 0 Å². The minimum absolute atomic E-state index is 0.398. The first-order valence-corrected chi connectivity index (χ1v) is 6.60. The van der Waals surface area contributed by atoms with E-state index < -0.39 is 0 Å². The highest BCUT2D eigenvalue weighted by Gasteiger charge is 2.03. The number of halogens is 1. The average Bonchev–Trinajstić information content (AvgIpc) is 2.29. The Hall–Kier alpha value is -0.380. The molecule has 0 aliphatic rings. The molecule has 1 atom stereocenters. The van der Waals surface area contributed by atoms with Crippen LogP contribution in [0.25, 0.3) is 0 Å². The molecule has 0 radical (unpaired) electrons. The van der Waals surface area contributed by atoms with Crippen LogP contribution in [-0.2, 0) is 4.74 Å². The highest BCUT2D eigenvalue weighted by atomic mass is 79.9. The van der Waals surface area contributed by atoms with Gasteiger partial charge in [0.1, 0.15) is 0 Å². The molecule has 1 N–H and O–H groups in total. The molecule has 0 aromatic heterocycles. The third-order valence-corrected chi connectivity index (χ3v) is 3.02. The van der Waals surface area contributed by atoms with Gasteiger partial charge >= 0.3 is 0 Å². The molecule has 90 valence electrons. The molecule has 16 heavy (non-hydrogen) atoms. The molecule has 0 spiro atoms. The van der Waals surface area contributed by atoms with Crippen LogP contribution in [0.4, 0.5) is 0 Å². The zero-order valence-corrected chi connectivity index (χ0v) is 11.6. The van der Waals surface area contributed by atoms with Gasteiger partial charge in [-0.15, -0.1) is 0 Å². The Morgan fingerprint density at radius 1 is 1.31 bits per heavy atom. The predicted octanol–water partition coefficient (Wildman–Crippen LogP) is 3.53. The molecule has 1 aromatic rings. The van der Waals surface area contributed by atoms with Gasteiger partial charge in [0, 0.05) is 23.7 Å². The van der Waals surface area contributed by atoms with Crippen molar-refractivity contribution in [3.8, 4) is 0 Å². The van der Waals surface area contributed by atoms with Crippen LogP contribution in [0.3, 0.4) is 0 Å². The van der Waals surface area contributed by atoms with Crippen LogP contribution in [0.5, 0.6) is 0 Å². The molecule has 0 aliphatic carbocycles. The van der Waals surface area contributed by atoms with Crippen molar-refractivity contribution in [2.24, 2.45) is 0 Å². The SMILES string of the molecule is CCOCCCN[C@H](C)c1ccc(Br)cc1. The quantitative estimate of drug-likeness (QED) is 0.774. The number of benzene rings is 1. The maximum absolute atomic E-state index is 5.29. The number of nitrogens with one attached hydrogen (secondary N) is 1. The Bertz CT molecular complexity index is 286. The van der Waals surface area contributed by atoms with E-state index in [9.17, 15) is 0 Å². The summed E-state index contributed by atoms with van der Waals surface area (Å²) in [5.74, 6) is 0. The summed E-state index contributed by atoms with van der Waals surface area (Å²) in [6, 6.07) is 8.84. The summed E-state index contributed by atoms with van der Waals surface area (Å²) in [5.41, 5.74) is 1.32. The van der Waals surface area contributed by atoms with Gasteiger partial charge in [0.05, 0.1) is 0 Å². The van der Waals surface area contributed by atoms with Crippen molar-refractivity contribution < 1.29 is 4.74 Å². The molecule has 1 aromatic carbocycles. The summed E-state index contributed by atoms with van der Waals surface area (Å²) in [6.45, 7) is 6.86. The molecule has 0 saturated heterocycles. The smallest absolute Gasteiger partial charge is 0.0477 e. The van der Waals surface area contributed by atoms with Gasteiger partial charge < -0.3 is 10.1 Å². The molecule has 3 heteroatoms. The summed E-state index contributed by atoms with van der Waals surface area (Å²) in [6.07, 6.45) is 1.06. The largest absolute Gasteiger partial charge is 0.382 e. The van der Waals surface area contributed by atoms with Crippen LogP contribution in [0, 0.1) is 0 Å². The molecule has 0 saturated carbocycles. The van der Waals surface area contributed by atoms with E-state index in [0.29, 0.717) is 6.04 Å². The van der Waals surface area contributed by atoms with E-state index in [0.717, 1.165) is 30.7 Å². The summed E-state index contributed by atoms with van der Waals surface area (Å²) < 4.78 is 6.42. The maximum Gasteiger partial charge on any atom is 0.0477 e. The normalized spacial score (nSPS) is 12.7. The summed E-state index contributed by atoms with van der Waals surface area (Å²) >= 11 is 3.44. The number of ether oxygens (including phenoxy) is 1. The van der Waals surface area contributed by atoms with Gasteiger partial charge in [0.15, 0.2) is 0 Å². The van der Waals surface area contributed by atoms with Crippen LogP contribution in [0.1, 0.15) is 31.9 Å². The summed E-state index contributed by atoms with van der Waals surface area (Å²) in [7, 11) is 0. The maximum atomic E-state index is 5.29. The van der Waals surface area contributed by atoms with Crippen LogP contribution in [-0.4, -0.2) is 19.8 Å².